The van der Waals surface area contributed by atoms with Crippen LogP contribution in [0.15, 0.2) is 48.9 Å². The SMILES string of the molecule is COc1cccc(F)c1CCc1ccc(-c2cc(C(F)F)ncc2C)c2nncn12. The van der Waals surface area contributed by atoms with Gasteiger partial charge in [-0.25, -0.2) is 13.2 Å². The summed E-state index contributed by atoms with van der Waals surface area (Å²) >= 11 is 0. The molecule has 0 aliphatic carbocycles. The van der Waals surface area contributed by atoms with Crippen molar-refractivity contribution in [3.8, 4) is 16.9 Å². The van der Waals surface area contributed by atoms with Gasteiger partial charge in [-0.05, 0) is 61.2 Å². The molecule has 0 radical (unpaired) electrons. The molecule has 3 heterocycles. The van der Waals surface area contributed by atoms with Gasteiger partial charge in [0.1, 0.15) is 23.6 Å². The van der Waals surface area contributed by atoms with Gasteiger partial charge in [0, 0.05) is 23.0 Å². The zero-order valence-corrected chi connectivity index (χ0v) is 16.4. The molecule has 0 atom stereocenters. The highest BCUT2D eigenvalue weighted by Gasteiger charge is 2.17. The molecule has 4 aromatic rings. The summed E-state index contributed by atoms with van der Waals surface area (Å²) in [6.07, 6.45) is 1.28. The average Bonchev–Trinajstić information content (AvgIpc) is 3.23. The molecule has 30 heavy (non-hydrogen) atoms. The van der Waals surface area contributed by atoms with E-state index in [9.17, 15) is 13.2 Å². The second-order valence-corrected chi connectivity index (χ2v) is 6.91. The third-order valence-corrected chi connectivity index (χ3v) is 5.11. The molecule has 5 nitrogen and oxygen atoms in total. The quantitative estimate of drug-likeness (QED) is 0.449. The molecule has 154 valence electrons. The molecule has 0 aliphatic rings. The smallest absolute Gasteiger partial charge is 0.280 e. The summed E-state index contributed by atoms with van der Waals surface area (Å²) in [7, 11) is 1.51. The predicted octanol–water partition coefficient (Wildman–Crippen LogP) is 4.97. The van der Waals surface area contributed by atoms with E-state index in [0.717, 1.165) is 11.3 Å². The van der Waals surface area contributed by atoms with Gasteiger partial charge in [0.15, 0.2) is 5.65 Å². The van der Waals surface area contributed by atoms with Crippen molar-refractivity contribution in [3.63, 3.8) is 0 Å². The van der Waals surface area contributed by atoms with E-state index in [1.807, 2.05) is 19.1 Å². The molecular weight excluding hydrogens is 393 g/mol. The number of hydrogen-bond acceptors (Lipinski definition) is 4. The zero-order valence-electron chi connectivity index (χ0n) is 16.4. The van der Waals surface area contributed by atoms with Gasteiger partial charge in [0.2, 0.25) is 0 Å². The van der Waals surface area contributed by atoms with Crippen LogP contribution in [0.2, 0.25) is 0 Å². The van der Waals surface area contributed by atoms with Crippen LogP contribution in [0.4, 0.5) is 13.2 Å². The summed E-state index contributed by atoms with van der Waals surface area (Å²) in [5, 5.41) is 8.18. The number of ether oxygens (including phenoxy) is 1. The summed E-state index contributed by atoms with van der Waals surface area (Å²) in [5.41, 5.74) is 3.68. The second kappa shape index (κ2) is 8.14. The molecule has 0 unspecified atom stereocenters. The van der Waals surface area contributed by atoms with Crippen LogP contribution in [-0.4, -0.2) is 26.7 Å². The Balaban J connectivity index is 1.72. The number of aromatic nitrogens is 4. The third kappa shape index (κ3) is 3.60. The van der Waals surface area contributed by atoms with Crippen molar-refractivity contribution in [1.29, 1.82) is 0 Å². The molecular formula is C22H19F3N4O. The summed E-state index contributed by atoms with van der Waals surface area (Å²) in [6, 6.07) is 9.82. The lowest BCUT2D eigenvalue weighted by atomic mass is 10.0. The second-order valence-electron chi connectivity index (χ2n) is 6.91. The fourth-order valence-corrected chi connectivity index (χ4v) is 3.55. The maximum Gasteiger partial charge on any atom is 0.280 e. The molecule has 0 spiro atoms. The van der Waals surface area contributed by atoms with Gasteiger partial charge in [0.05, 0.1) is 7.11 Å². The maximum atomic E-state index is 14.2. The number of aryl methyl sites for hydroxylation is 2. The number of nitrogens with zero attached hydrogens (tertiary/aromatic N) is 4. The van der Waals surface area contributed by atoms with Crippen molar-refractivity contribution in [2.45, 2.75) is 26.2 Å². The van der Waals surface area contributed by atoms with Gasteiger partial charge in [-0.15, -0.1) is 10.2 Å². The number of benzene rings is 1. The van der Waals surface area contributed by atoms with Crippen LogP contribution in [0.25, 0.3) is 16.8 Å². The predicted molar refractivity (Wildman–Crippen MR) is 106 cm³/mol. The van der Waals surface area contributed by atoms with Crippen molar-refractivity contribution < 1.29 is 17.9 Å². The van der Waals surface area contributed by atoms with Gasteiger partial charge in [0.25, 0.3) is 6.43 Å². The summed E-state index contributed by atoms with van der Waals surface area (Å²) in [6.45, 7) is 1.81. The van der Waals surface area contributed by atoms with Crippen molar-refractivity contribution in [2.24, 2.45) is 0 Å². The Labute approximate surface area is 171 Å². The number of alkyl halides is 2. The van der Waals surface area contributed by atoms with Crippen molar-refractivity contribution in [1.82, 2.24) is 19.6 Å². The fourth-order valence-electron chi connectivity index (χ4n) is 3.55. The minimum atomic E-state index is -2.66. The topological polar surface area (TPSA) is 52.3 Å². The van der Waals surface area contributed by atoms with E-state index in [-0.39, 0.29) is 11.5 Å². The Hall–Kier alpha value is -3.42. The highest BCUT2D eigenvalue weighted by atomic mass is 19.3. The lowest BCUT2D eigenvalue weighted by Crippen LogP contribution is -2.03. The Morgan fingerprint density at radius 1 is 1.10 bits per heavy atom. The number of fused-ring (bicyclic) bond motifs is 1. The lowest BCUT2D eigenvalue weighted by molar-refractivity contribution is 0.146. The summed E-state index contributed by atoms with van der Waals surface area (Å²) < 4.78 is 47.6. The van der Waals surface area contributed by atoms with Gasteiger partial charge in [-0.3, -0.25) is 9.38 Å². The van der Waals surface area contributed by atoms with Crippen molar-refractivity contribution in [3.05, 3.63) is 77.3 Å². The highest BCUT2D eigenvalue weighted by molar-refractivity contribution is 5.79. The fraction of sp³-hybridized carbons (Fsp3) is 0.227. The Kier molecular flexibility index (Phi) is 5.39. The molecule has 1 aromatic carbocycles. The van der Waals surface area contributed by atoms with Gasteiger partial charge < -0.3 is 4.74 Å². The minimum Gasteiger partial charge on any atom is -0.496 e. The van der Waals surface area contributed by atoms with E-state index < -0.39 is 6.43 Å². The summed E-state index contributed by atoms with van der Waals surface area (Å²) in [5.74, 6) is 0.177. The van der Waals surface area contributed by atoms with Gasteiger partial charge in [-0.2, -0.15) is 0 Å². The molecule has 0 N–H and O–H groups in total. The first-order valence-corrected chi connectivity index (χ1v) is 9.37. The number of pyridine rings is 2. The van der Waals surface area contributed by atoms with Crippen LogP contribution in [0.1, 0.15) is 28.9 Å². The first-order valence-electron chi connectivity index (χ1n) is 9.37. The minimum absolute atomic E-state index is 0.288. The van der Waals surface area contributed by atoms with Crippen LogP contribution in [0, 0.1) is 12.7 Å². The maximum absolute atomic E-state index is 14.2. The van der Waals surface area contributed by atoms with Crippen molar-refractivity contribution >= 4 is 5.65 Å². The molecule has 0 saturated heterocycles. The zero-order chi connectivity index (χ0) is 21.3. The first-order chi connectivity index (χ1) is 14.5. The molecule has 0 fully saturated rings. The summed E-state index contributed by atoms with van der Waals surface area (Å²) in [4.78, 5) is 3.80. The molecule has 3 aromatic heterocycles. The van der Waals surface area contributed by atoms with Crippen LogP contribution < -0.4 is 4.74 Å². The molecule has 8 heteroatoms. The van der Waals surface area contributed by atoms with Gasteiger partial charge in [-0.1, -0.05) is 6.07 Å². The van der Waals surface area contributed by atoms with E-state index in [4.69, 9.17) is 4.74 Å². The number of rotatable bonds is 6. The normalized spacial score (nSPS) is 11.4. The van der Waals surface area contributed by atoms with Crippen molar-refractivity contribution in [2.75, 3.05) is 7.11 Å². The molecule has 0 saturated carbocycles. The lowest BCUT2D eigenvalue weighted by Gasteiger charge is -2.13. The van der Waals surface area contributed by atoms with E-state index in [1.54, 1.807) is 22.9 Å². The number of methoxy groups -OCH3 is 1. The van der Waals surface area contributed by atoms with Crippen LogP contribution in [-0.2, 0) is 12.8 Å². The van der Waals surface area contributed by atoms with Crippen LogP contribution in [0.5, 0.6) is 5.75 Å². The van der Waals surface area contributed by atoms with Crippen LogP contribution >= 0.6 is 0 Å². The van der Waals surface area contributed by atoms with E-state index in [2.05, 4.69) is 15.2 Å². The Morgan fingerprint density at radius 3 is 2.70 bits per heavy atom. The van der Waals surface area contributed by atoms with E-state index in [1.165, 1.54) is 25.4 Å². The third-order valence-electron chi connectivity index (χ3n) is 5.11. The van der Waals surface area contributed by atoms with E-state index in [0.29, 0.717) is 40.9 Å². The number of hydrogen-bond donors (Lipinski definition) is 0. The molecule has 0 aliphatic heterocycles. The largest absolute Gasteiger partial charge is 0.496 e. The Bertz CT molecular complexity index is 1210. The van der Waals surface area contributed by atoms with E-state index >= 15 is 0 Å². The van der Waals surface area contributed by atoms with Crippen LogP contribution in [0.3, 0.4) is 0 Å². The average molecular weight is 412 g/mol. The first kappa shape index (κ1) is 19.9. The molecule has 4 rings (SSSR count). The van der Waals surface area contributed by atoms with Gasteiger partial charge >= 0.3 is 0 Å². The molecule has 0 bridgehead atoms. The monoisotopic (exact) mass is 412 g/mol. The molecule has 0 amide bonds. The number of halogens is 3. The highest BCUT2D eigenvalue weighted by Crippen LogP contribution is 2.31. The Morgan fingerprint density at radius 2 is 1.93 bits per heavy atom. The standard InChI is InChI=1S/C22H19F3N4O/c1-13-11-26-19(21(24)25)10-17(13)15-8-6-14(29-12-27-28-22(15)29)7-9-16-18(23)4-3-5-20(16)30-2/h3-6,8,10-12,21H,7,9H2,1-2H3.